The van der Waals surface area contributed by atoms with E-state index >= 15 is 0 Å². The van der Waals surface area contributed by atoms with Gasteiger partial charge in [0.05, 0.1) is 0 Å². The Morgan fingerprint density at radius 2 is 1.79 bits per heavy atom. The molecule has 2 rings (SSSR count). The van der Waals surface area contributed by atoms with Crippen LogP contribution in [0.5, 0.6) is 11.5 Å². The molecule has 19 heavy (non-hydrogen) atoms. The molecule has 3 nitrogen and oxygen atoms in total. The Labute approximate surface area is 116 Å². The normalized spacial score (nSPS) is 20.1. The molecule has 1 atom stereocenters. The lowest BCUT2D eigenvalue weighted by Crippen LogP contribution is -2.38. The zero-order valence-electron chi connectivity index (χ0n) is 12.2. The lowest BCUT2D eigenvalue weighted by atomic mass is 10.1. The van der Waals surface area contributed by atoms with E-state index < -0.39 is 0 Å². The molecular formula is C16H25NO2. The van der Waals surface area contributed by atoms with Crippen LogP contribution in [0.15, 0.2) is 24.3 Å². The van der Waals surface area contributed by atoms with Gasteiger partial charge < -0.3 is 14.8 Å². The topological polar surface area (TPSA) is 30.5 Å². The summed E-state index contributed by atoms with van der Waals surface area (Å²) in [5, 5.41) is 3.48. The summed E-state index contributed by atoms with van der Waals surface area (Å²) in [6.07, 6.45) is 3.81. The SMILES string of the molecule is CC(C)(C)Oc1ccc(OCC2CCCCN2)cc1. The van der Waals surface area contributed by atoms with Gasteiger partial charge >= 0.3 is 0 Å². The smallest absolute Gasteiger partial charge is 0.120 e. The van der Waals surface area contributed by atoms with Crippen molar-refractivity contribution in [2.45, 2.75) is 51.7 Å². The Kier molecular flexibility index (Phi) is 4.70. The minimum absolute atomic E-state index is 0.158. The van der Waals surface area contributed by atoms with Crippen molar-refractivity contribution in [1.82, 2.24) is 5.32 Å². The summed E-state index contributed by atoms with van der Waals surface area (Å²) >= 11 is 0. The van der Waals surface area contributed by atoms with Gasteiger partial charge in [0.25, 0.3) is 0 Å². The Balaban J connectivity index is 1.81. The van der Waals surface area contributed by atoms with Gasteiger partial charge in [0, 0.05) is 6.04 Å². The quantitative estimate of drug-likeness (QED) is 0.903. The molecule has 1 saturated heterocycles. The van der Waals surface area contributed by atoms with Crippen molar-refractivity contribution < 1.29 is 9.47 Å². The fourth-order valence-electron chi connectivity index (χ4n) is 2.22. The standard InChI is InChI=1S/C16H25NO2/c1-16(2,3)19-15-9-7-14(8-10-15)18-12-13-6-4-5-11-17-13/h7-10,13,17H,4-6,11-12H2,1-3H3. The van der Waals surface area contributed by atoms with Gasteiger partial charge in [0.15, 0.2) is 0 Å². The lowest BCUT2D eigenvalue weighted by molar-refractivity contribution is 0.130. The van der Waals surface area contributed by atoms with Crippen molar-refractivity contribution in [2.75, 3.05) is 13.2 Å². The van der Waals surface area contributed by atoms with Gasteiger partial charge in [0.1, 0.15) is 23.7 Å². The molecule has 1 heterocycles. The van der Waals surface area contributed by atoms with Gasteiger partial charge in [-0.25, -0.2) is 0 Å². The lowest BCUT2D eigenvalue weighted by Gasteiger charge is -2.24. The fraction of sp³-hybridized carbons (Fsp3) is 0.625. The third-order valence-corrected chi connectivity index (χ3v) is 3.11. The molecule has 1 N–H and O–H groups in total. The first kappa shape index (κ1) is 14.2. The number of nitrogens with one attached hydrogen (secondary N) is 1. The largest absolute Gasteiger partial charge is 0.492 e. The van der Waals surface area contributed by atoms with Crippen LogP contribution in [0.1, 0.15) is 40.0 Å². The van der Waals surface area contributed by atoms with E-state index in [1.807, 2.05) is 45.0 Å². The van der Waals surface area contributed by atoms with Crippen molar-refractivity contribution in [2.24, 2.45) is 0 Å². The molecule has 106 valence electrons. The summed E-state index contributed by atoms with van der Waals surface area (Å²) < 4.78 is 11.6. The van der Waals surface area contributed by atoms with E-state index in [0.717, 1.165) is 24.7 Å². The summed E-state index contributed by atoms with van der Waals surface area (Å²) in [4.78, 5) is 0. The molecule has 1 aliphatic rings. The number of hydrogen-bond acceptors (Lipinski definition) is 3. The maximum Gasteiger partial charge on any atom is 0.120 e. The molecule has 1 unspecified atom stereocenters. The van der Waals surface area contributed by atoms with Crippen LogP contribution in [0.25, 0.3) is 0 Å². The van der Waals surface area contributed by atoms with Crippen LogP contribution in [-0.4, -0.2) is 24.8 Å². The first-order valence-electron chi connectivity index (χ1n) is 7.18. The molecule has 1 fully saturated rings. The van der Waals surface area contributed by atoms with E-state index in [2.05, 4.69) is 5.32 Å². The van der Waals surface area contributed by atoms with Crippen LogP contribution in [0, 0.1) is 0 Å². The summed E-state index contributed by atoms with van der Waals surface area (Å²) in [6, 6.07) is 8.39. The molecule has 1 aliphatic heterocycles. The number of benzene rings is 1. The minimum Gasteiger partial charge on any atom is -0.492 e. The second-order valence-corrected chi connectivity index (χ2v) is 6.14. The van der Waals surface area contributed by atoms with Gasteiger partial charge in [-0.2, -0.15) is 0 Å². The predicted molar refractivity (Wildman–Crippen MR) is 78.0 cm³/mol. The highest BCUT2D eigenvalue weighted by molar-refractivity contribution is 5.31. The molecule has 0 bridgehead atoms. The summed E-state index contributed by atoms with van der Waals surface area (Å²) in [7, 11) is 0. The van der Waals surface area contributed by atoms with Crippen LogP contribution in [0.2, 0.25) is 0 Å². The van der Waals surface area contributed by atoms with E-state index in [4.69, 9.17) is 9.47 Å². The molecule has 3 heteroatoms. The monoisotopic (exact) mass is 263 g/mol. The predicted octanol–water partition coefficient (Wildman–Crippen LogP) is 3.38. The maximum absolute atomic E-state index is 5.81. The van der Waals surface area contributed by atoms with Crippen LogP contribution in [0.3, 0.4) is 0 Å². The van der Waals surface area contributed by atoms with Crippen molar-refractivity contribution in [1.29, 1.82) is 0 Å². The molecule has 0 aliphatic carbocycles. The second-order valence-electron chi connectivity index (χ2n) is 6.14. The highest BCUT2D eigenvalue weighted by Crippen LogP contribution is 2.22. The Morgan fingerprint density at radius 3 is 2.37 bits per heavy atom. The van der Waals surface area contributed by atoms with Crippen molar-refractivity contribution in [3.8, 4) is 11.5 Å². The fourth-order valence-corrected chi connectivity index (χ4v) is 2.22. The molecule has 0 aromatic heterocycles. The molecule has 1 aromatic rings. The molecule has 0 radical (unpaired) electrons. The van der Waals surface area contributed by atoms with Gasteiger partial charge in [-0.1, -0.05) is 6.42 Å². The van der Waals surface area contributed by atoms with Gasteiger partial charge in [-0.3, -0.25) is 0 Å². The third-order valence-electron chi connectivity index (χ3n) is 3.11. The van der Waals surface area contributed by atoms with Crippen molar-refractivity contribution >= 4 is 0 Å². The van der Waals surface area contributed by atoms with Gasteiger partial charge in [-0.05, 0) is 64.4 Å². The summed E-state index contributed by atoms with van der Waals surface area (Å²) in [5.41, 5.74) is -0.158. The molecule has 1 aromatic carbocycles. The van der Waals surface area contributed by atoms with Gasteiger partial charge in [-0.15, -0.1) is 0 Å². The van der Waals surface area contributed by atoms with Gasteiger partial charge in [0.2, 0.25) is 0 Å². The van der Waals surface area contributed by atoms with Crippen LogP contribution in [-0.2, 0) is 0 Å². The van der Waals surface area contributed by atoms with E-state index in [-0.39, 0.29) is 5.60 Å². The van der Waals surface area contributed by atoms with E-state index in [1.165, 1.54) is 19.3 Å². The van der Waals surface area contributed by atoms with Crippen molar-refractivity contribution in [3.63, 3.8) is 0 Å². The third kappa shape index (κ3) is 5.11. The summed E-state index contributed by atoms with van der Waals surface area (Å²) in [6.45, 7) is 8.01. The number of ether oxygens (including phenoxy) is 2. The summed E-state index contributed by atoms with van der Waals surface area (Å²) in [5.74, 6) is 1.80. The number of rotatable bonds is 4. The minimum atomic E-state index is -0.158. The zero-order valence-corrected chi connectivity index (χ0v) is 12.2. The molecule has 0 amide bonds. The van der Waals surface area contributed by atoms with Crippen LogP contribution < -0.4 is 14.8 Å². The zero-order chi connectivity index (χ0) is 13.7. The highest BCUT2D eigenvalue weighted by Gasteiger charge is 2.13. The Hall–Kier alpha value is -1.22. The molecular weight excluding hydrogens is 238 g/mol. The van der Waals surface area contributed by atoms with Crippen LogP contribution >= 0.6 is 0 Å². The average molecular weight is 263 g/mol. The van der Waals surface area contributed by atoms with E-state index in [1.54, 1.807) is 0 Å². The highest BCUT2D eigenvalue weighted by atomic mass is 16.5. The number of piperidine rings is 1. The van der Waals surface area contributed by atoms with E-state index in [0.29, 0.717) is 6.04 Å². The first-order chi connectivity index (χ1) is 9.03. The molecule has 0 spiro atoms. The first-order valence-corrected chi connectivity index (χ1v) is 7.18. The Morgan fingerprint density at radius 1 is 1.11 bits per heavy atom. The van der Waals surface area contributed by atoms with Crippen molar-refractivity contribution in [3.05, 3.63) is 24.3 Å². The average Bonchev–Trinajstić information content (AvgIpc) is 2.37. The van der Waals surface area contributed by atoms with E-state index in [9.17, 15) is 0 Å². The molecule has 0 saturated carbocycles. The maximum atomic E-state index is 5.81. The number of hydrogen-bond donors (Lipinski definition) is 1. The second kappa shape index (κ2) is 6.29. The van der Waals surface area contributed by atoms with Crippen LogP contribution in [0.4, 0.5) is 0 Å². The Bertz CT molecular complexity index is 375.